The van der Waals surface area contributed by atoms with E-state index < -0.39 is 77.6 Å². The van der Waals surface area contributed by atoms with Crippen LogP contribution in [0.3, 0.4) is 0 Å². The molecule has 2 aromatic heterocycles. The fourth-order valence-corrected chi connectivity index (χ4v) is 4.77. The first-order chi connectivity index (χ1) is 18.7. The number of nitro benzene ring substituents is 2. The third-order valence-electron chi connectivity index (χ3n) is 7.12. The molecule has 2 aromatic carbocycles. The molecular formula is C28H18F4N4O4Pt. The molecule has 1 aliphatic rings. The zero-order valence-corrected chi connectivity index (χ0v) is 24.0. The average Bonchev–Trinajstić information content (AvgIpc) is 2.88. The molecule has 0 N–H and O–H groups in total. The molecule has 0 amide bonds. The average molecular weight is 746 g/mol. The summed E-state index contributed by atoms with van der Waals surface area (Å²) in [6, 6.07) is 13.9. The number of benzene rings is 2. The summed E-state index contributed by atoms with van der Waals surface area (Å²) >= 11 is 0. The van der Waals surface area contributed by atoms with Gasteiger partial charge in [-0.3, -0.25) is 37.8 Å². The predicted octanol–water partition coefficient (Wildman–Crippen LogP) is 6.75. The van der Waals surface area contributed by atoms with E-state index in [0.29, 0.717) is 11.4 Å². The summed E-state index contributed by atoms with van der Waals surface area (Å²) in [6.45, 7) is 5.77. The number of rotatable bonds is 2. The van der Waals surface area contributed by atoms with Crippen LogP contribution < -0.4 is 0 Å². The number of hydrogen-bond donors (Lipinski definition) is 0. The second kappa shape index (κ2) is 10.1. The number of pyridine rings is 2. The molecule has 4 aromatic rings. The van der Waals surface area contributed by atoms with E-state index >= 15 is 17.6 Å². The maximum absolute atomic E-state index is 15.7. The van der Waals surface area contributed by atoms with Gasteiger partial charge >= 0.3 is 21.1 Å². The van der Waals surface area contributed by atoms with Gasteiger partial charge in [-0.1, -0.05) is 60.4 Å². The number of fused-ring (bicyclic) bond motifs is 10. The fraction of sp³-hybridized carbons (Fsp3) is 0.214. The first kappa shape index (κ1) is 29.9. The van der Waals surface area contributed by atoms with Crippen molar-refractivity contribution in [2.24, 2.45) is 0 Å². The van der Waals surface area contributed by atoms with Crippen LogP contribution in [0.15, 0.2) is 36.4 Å². The van der Waals surface area contributed by atoms with Gasteiger partial charge < -0.3 is 9.97 Å². The van der Waals surface area contributed by atoms with Crippen molar-refractivity contribution in [3.05, 3.63) is 115 Å². The van der Waals surface area contributed by atoms with Gasteiger partial charge in [0.1, 0.15) is 23.3 Å². The fourth-order valence-electron chi connectivity index (χ4n) is 4.77. The minimum absolute atomic E-state index is 0. The van der Waals surface area contributed by atoms with Crippen LogP contribution in [-0.4, -0.2) is 19.8 Å². The summed E-state index contributed by atoms with van der Waals surface area (Å²) in [5, 5.41) is 23.6. The Balaban J connectivity index is 0.00000387. The van der Waals surface area contributed by atoms with Gasteiger partial charge in [0.25, 0.3) is 11.4 Å². The Kier molecular flexibility index (Phi) is 7.37. The van der Waals surface area contributed by atoms with Crippen molar-refractivity contribution < 1.29 is 48.5 Å². The molecule has 0 aliphatic carbocycles. The van der Waals surface area contributed by atoms with Gasteiger partial charge in [-0.05, 0) is 42.8 Å². The van der Waals surface area contributed by atoms with E-state index in [2.05, 4.69) is 22.1 Å². The van der Waals surface area contributed by atoms with Crippen LogP contribution in [0.2, 0.25) is 0 Å². The van der Waals surface area contributed by atoms with Crippen molar-refractivity contribution in [2.45, 2.75) is 38.5 Å². The van der Waals surface area contributed by atoms with Crippen molar-refractivity contribution in [1.29, 1.82) is 0 Å². The number of nitrogens with zero attached hydrogens (tertiary/aromatic N) is 4. The molecule has 0 unspecified atom stereocenters. The first-order valence-electron chi connectivity index (χ1n) is 11.8. The minimum Gasteiger partial charge on any atom is -0.300 e. The number of hydrogen-bond acceptors (Lipinski definition) is 6. The first-order valence-corrected chi connectivity index (χ1v) is 11.8. The topological polar surface area (TPSA) is 112 Å². The number of halogens is 4. The maximum atomic E-state index is 15.7. The van der Waals surface area contributed by atoms with E-state index in [1.165, 1.54) is 38.1 Å². The van der Waals surface area contributed by atoms with Crippen LogP contribution in [0.4, 0.5) is 28.9 Å². The molecule has 5 rings (SSSR count). The van der Waals surface area contributed by atoms with Crippen LogP contribution in [0.1, 0.15) is 50.2 Å². The van der Waals surface area contributed by atoms with E-state index in [4.69, 9.17) is 0 Å². The van der Waals surface area contributed by atoms with Gasteiger partial charge in [0.15, 0.2) is 0 Å². The molecule has 0 spiro atoms. The van der Waals surface area contributed by atoms with E-state index in [1.54, 1.807) is 26.0 Å². The molecule has 0 saturated heterocycles. The monoisotopic (exact) mass is 745 g/mol. The van der Waals surface area contributed by atoms with Crippen molar-refractivity contribution in [3.63, 3.8) is 0 Å². The molecular weight excluding hydrogens is 727 g/mol. The van der Waals surface area contributed by atoms with Gasteiger partial charge in [-0.15, -0.1) is 12.1 Å². The summed E-state index contributed by atoms with van der Waals surface area (Å²) in [5.74, 6) is -6.48. The summed E-state index contributed by atoms with van der Waals surface area (Å²) in [6.07, 6.45) is 0. The molecule has 41 heavy (non-hydrogen) atoms. The summed E-state index contributed by atoms with van der Waals surface area (Å²) < 4.78 is 62.4. The Bertz CT molecular complexity index is 1650. The molecule has 1 aliphatic heterocycles. The van der Waals surface area contributed by atoms with Gasteiger partial charge in [0, 0.05) is 26.6 Å². The van der Waals surface area contributed by atoms with Crippen LogP contribution in [0.5, 0.6) is 0 Å². The van der Waals surface area contributed by atoms with Gasteiger partial charge in [-0.2, -0.15) is 0 Å². The summed E-state index contributed by atoms with van der Waals surface area (Å²) in [4.78, 5) is 30.0. The molecule has 13 heteroatoms. The molecule has 212 valence electrons. The molecule has 0 fully saturated rings. The van der Waals surface area contributed by atoms with E-state index in [-0.39, 0.29) is 32.5 Å². The largest absolute Gasteiger partial charge is 2.00 e. The molecule has 0 saturated carbocycles. The van der Waals surface area contributed by atoms with Crippen molar-refractivity contribution in [2.75, 3.05) is 0 Å². The second-order valence-electron chi connectivity index (χ2n) is 10.3. The minimum atomic E-state index is -2.02. The van der Waals surface area contributed by atoms with Crippen molar-refractivity contribution in [1.82, 2.24) is 9.97 Å². The SMILES string of the molecule is CC1(C)c2cccc(n2)-c2[c-]c(c(F)c([N+](=O)[O-])c2F)C(C)(C)c2[c-]c(c(F)c([N+](=O)[O-])c2F)-c2cccc1n2.[Pt+2]. The quantitative estimate of drug-likeness (QED) is 0.0973. The van der Waals surface area contributed by atoms with Crippen molar-refractivity contribution in [3.8, 4) is 22.5 Å². The third kappa shape index (κ3) is 4.50. The second-order valence-corrected chi connectivity index (χ2v) is 10.3. The van der Waals surface area contributed by atoms with Crippen molar-refractivity contribution >= 4 is 11.4 Å². The normalized spacial score (nSPS) is 14.4. The predicted molar refractivity (Wildman–Crippen MR) is 134 cm³/mol. The maximum Gasteiger partial charge on any atom is 2.00 e. The zero-order valence-electron chi connectivity index (χ0n) is 21.7. The van der Waals surface area contributed by atoms with Crippen LogP contribution >= 0.6 is 0 Å². The summed E-state index contributed by atoms with van der Waals surface area (Å²) in [5.41, 5.74) is -8.33. The van der Waals surface area contributed by atoms with E-state index in [1.807, 2.05) is 0 Å². The third-order valence-corrected chi connectivity index (χ3v) is 7.12. The Morgan fingerprint density at radius 3 is 1.37 bits per heavy atom. The zero-order chi connectivity index (χ0) is 29.3. The Labute approximate surface area is 245 Å². The molecule has 0 radical (unpaired) electrons. The van der Waals surface area contributed by atoms with E-state index in [9.17, 15) is 20.2 Å². The molecule has 3 heterocycles. The Morgan fingerprint density at radius 1 is 0.659 bits per heavy atom. The smallest absolute Gasteiger partial charge is 0.300 e. The Morgan fingerprint density at radius 2 is 1.02 bits per heavy atom. The van der Waals surface area contributed by atoms with Gasteiger partial charge in [0.05, 0.1) is 0 Å². The standard InChI is InChI=1S/C28H18F4N4O4.Pt/c1-27(2)15-11-13(21(29)25(23(15)31)35(37)38)17-7-5-9-19(33-17)28(3,4)20-10-6-8-18(34-20)14-12-16(27)24(32)26(22(14)30)36(39)40;/h5-10H,1-4H3;/q-2;+2. The molecule has 8 bridgehead atoms. The van der Waals surface area contributed by atoms with Crippen LogP contribution in [0, 0.1) is 55.6 Å². The Hall–Kier alpha value is -4.05. The van der Waals surface area contributed by atoms with Gasteiger partial charge in [-0.25, -0.2) is 0 Å². The van der Waals surface area contributed by atoms with Crippen LogP contribution in [0.25, 0.3) is 22.5 Å². The molecule has 0 atom stereocenters. The van der Waals surface area contributed by atoms with Gasteiger partial charge in [0.2, 0.25) is 0 Å². The number of aromatic nitrogens is 2. The van der Waals surface area contributed by atoms with E-state index in [0.717, 1.165) is 0 Å². The van der Waals surface area contributed by atoms with Crippen LogP contribution in [-0.2, 0) is 31.9 Å². The number of nitro groups is 2. The summed E-state index contributed by atoms with van der Waals surface area (Å²) in [7, 11) is 0. The molecule has 8 nitrogen and oxygen atoms in total.